The smallest absolute Gasteiger partial charge is 0.217 e. The van der Waals surface area contributed by atoms with E-state index in [9.17, 15) is 9.90 Å². The normalized spacial score (nSPS) is 32.0. The van der Waals surface area contributed by atoms with Crippen LogP contribution in [0.15, 0.2) is 0 Å². The summed E-state index contributed by atoms with van der Waals surface area (Å²) in [5.74, 6) is -0.252. The molecule has 0 radical (unpaired) electrons. The maximum absolute atomic E-state index is 11.4. The number of aliphatic hydroxyl groups excluding tert-OH is 2. The molecule has 0 aromatic heterocycles. The summed E-state index contributed by atoms with van der Waals surface area (Å²) in [6.07, 6.45) is 3.06. The minimum Gasteiger partial charge on any atom is -0.396 e. The number of ether oxygens (including phenoxy) is 2. The lowest BCUT2D eigenvalue weighted by Crippen LogP contribution is -2.61. The van der Waals surface area contributed by atoms with E-state index in [1.807, 2.05) is 13.8 Å². The zero-order valence-corrected chi connectivity index (χ0v) is 14.0. The standard InChI is InChI=1S/C16H31NO5/c1-4-13-11(2)15(20)14(17-12(3)19)16(22-13)21-10-8-6-5-7-9-18/h11,13-16,18,20H,4-10H2,1-3H3,(H,17,19)/t11?,13?,14?,15?,16-/m1/s1. The molecule has 0 aliphatic carbocycles. The highest BCUT2D eigenvalue weighted by atomic mass is 16.7. The average molecular weight is 317 g/mol. The monoisotopic (exact) mass is 317 g/mol. The Morgan fingerprint density at radius 3 is 2.55 bits per heavy atom. The molecule has 22 heavy (non-hydrogen) atoms. The van der Waals surface area contributed by atoms with E-state index >= 15 is 0 Å². The molecule has 5 atom stereocenters. The van der Waals surface area contributed by atoms with Crippen molar-refractivity contribution in [1.29, 1.82) is 0 Å². The Hall–Kier alpha value is -0.690. The SMILES string of the molecule is CCC1O[C@@H](OCCCCCCO)C(NC(C)=O)C(O)C1C. The van der Waals surface area contributed by atoms with Crippen LogP contribution in [0.3, 0.4) is 0 Å². The first-order valence-corrected chi connectivity index (χ1v) is 8.34. The first-order valence-electron chi connectivity index (χ1n) is 8.34. The Kier molecular flexibility index (Phi) is 8.93. The van der Waals surface area contributed by atoms with E-state index in [1.165, 1.54) is 6.92 Å². The molecule has 1 heterocycles. The Morgan fingerprint density at radius 1 is 1.27 bits per heavy atom. The first kappa shape index (κ1) is 19.4. The van der Waals surface area contributed by atoms with E-state index in [0.29, 0.717) is 6.61 Å². The average Bonchev–Trinajstić information content (AvgIpc) is 2.49. The van der Waals surface area contributed by atoms with Crippen LogP contribution in [0.5, 0.6) is 0 Å². The number of nitrogens with one attached hydrogen (secondary N) is 1. The third-order valence-corrected chi connectivity index (χ3v) is 4.20. The van der Waals surface area contributed by atoms with Gasteiger partial charge >= 0.3 is 0 Å². The molecule has 0 bridgehead atoms. The van der Waals surface area contributed by atoms with Gasteiger partial charge in [-0.05, 0) is 19.3 Å². The number of rotatable bonds is 9. The lowest BCUT2D eigenvalue weighted by atomic mass is 9.88. The summed E-state index contributed by atoms with van der Waals surface area (Å²) in [6, 6.07) is -0.534. The topological polar surface area (TPSA) is 88.0 Å². The van der Waals surface area contributed by atoms with Crippen LogP contribution >= 0.6 is 0 Å². The lowest BCUT2D eigenvalue weighted by Gasteiger charge is -2.43. The fourth-order valence-corrected chi connectivity index (χ4v) is 2.85. The van der Waals surface area contributed by atoms with Crippen LogP contribution in [0.2, 0.25) is 0 Å². The molecule has 6 nitrogen and oxygen atoms in total. The minimum atomic E-state index is -0.679. The molecule has 1 aliphatic heterocycles. The van der Waals surface area contributed by atoms with Gasteiger partial charge in [0.05, 0.1) is 12.2 Å². The van der Waals surface area contributed by atoms with E-state index in [0.717, 1.165) is 32.1 Å². The highest BCUT2D eigenvalue weighted by Crippen LogP contribution is 2.28. The van der Waals surface area contributed by atoms with Crippen LogP contribution < -0.4 is 5.32 Å². The predicted molar refractivity (Wildman–Crippen MR) is 83.2 cm³/mol. The second-order valence-corrected chi connectivity index (χ2v) is 6.04. The van der Waals surface area contributed by atoms with Gasteiger partial charge < -0.3 is 25.0 Å². The van der Waals surface area contributed by atoms with Crippen molar-refractivity contribution in [3.8, 4) is 0 Å². The van der Waals surface area contributed by atoms with Crippen LogP contribution in [-0.2, 0) is 14.3 Å². The molecule has 6 heteroatoms. The van der Waals surface area contributed by atoms with Gasteiger partial charge in [-0.25, -0.2) is 0 Å². The zero-order chi connectivity index (χ0) is 16.5. The molecule has 0 saturated carbocycles. The highest BCUT2D eigenvalue weighted by molar-refractivity contribution is 5.73. The number of aliphatic hydroxyl groups is 2. The predicted octanol–water partition coefficient (Wildman–Crippen LogP) is 1.19. The molecule has 1 aliphatic rings. The van der Waals surface area contributed by atoms with Crippen molar-refractivity contribution in [2.75, 3.05) is 13.2 Å². The molecule has 1 amide bonds. The number of amides is 1. The van der Waals surface area contributed by atoms with Gasteiger partial charge in [-0.1, -0.05) is 26.7 Å². The first-order chi connectivity index (χ1) is 10.5. The minimum absolute atomic E-state index is 0.0498. The maximum Gasteiger partial charge on any atom is 0.217 e. The van der Waals surface area contributed by atoms with Crippen LogP contribution in [0.4, 0.5) is 0 Å². The Balaban J connectivity index is 2.52. The van der Waals surface area contributed by atoms with Gasteiger partial charge in [0.2, 0.25) is 5.91 Å². The van der Waals surface area contributed by atoms with E-state index < -0.39 is 18.4 Å². The van der Waals surface area contributed by atoms with Crippen LogP contribution in [0, 0.1) is 5.92 Å². The molecule has 1 fully saturated rings. The number of unbranched alkanes of at least 4 members (excludes halogenated alkanes) is 3. The third-order valence-electron chi connectivity index (χ3n) is 4.20. The van der Waals surface area contributed by atoms with Gasteiger partial charge in [-0.15, -0.1) is 0 Å². The van der Waals surface area contributed by atoms with Gasteiger partial charge in [0, 0.05) is 26.1 Å². The summed E-state index contributed by atoms with van der Waals surface area (Å²) >= 11 is 0. The van der Waals surface area contributed by atoms with Crippen molar-refractivity contribution >= 4 is 5.91 Å². The number of hydrogen-bond acceptors (Lipinski definition) is 5. The van der Waals surface area contributed by atoms with Crippen molar-refractivity contribution in [3.63, 3.8) is 0 Å². The van der Waals surface area contributed by atoms with E-state index in [-0.39, 0.29) is 24.5 Å². The molecular formula is C16H31NO5. The largest absolute Gasteiger partial charge is 0.396 e. The lowest BCUT2D eigenvalue weighted by molar-refractivity contribution is -0.249. The molecule has 0 aromatic rings. The summed E-state index contributed by atoms with van der Waals surface area (Å²) in [5.41, 5.74) is 0. The van der Waals surface area contributed by atoms with Crippen molar-refractivity contribution in [2.45, 2.75) is 77.4 Å². The van der Waals surface area contributed by atoms with Gasteiger partial charge in [0.1, 0.15) is 6.04 Å². The molecule has 130 valence electrons. The van der Waals surface area contributed by atoms with Crippen molar-refractivity contribution in [1.82, 2.24) is 5.32 Å². The van der Waals surface area contributed by atoms with Gasteiger partial charge in [-0.3, -0.25) is 4.79 Å². The van der Waals surface area contributed by atoms with Crippen molar-refractivity contribution in [3.05, 3.63) is 0 Å². The molecule has 0 spiro atoms. The third kappa shape index (κ3) is 5.83. The number of hydrogen-bond donors (Lipinski definition) is 3. The van der Waals surface area contributed by atoms with Crippen LogP contribution in [0.1, 0.15) is 52.9 Å². The molecule has 4 unspecified atom stereocenters. The van der Waals surface area contributed by atoms with E-state index in [1.54, 1.807) is 0 Å². The fourth-order valence-electron chi connectivity index (χ4n) is 2.85. The Labute approximate surface area is 133 Å². The van der Waals surface area contributed by atoms with Gasteiger partial charge in [0.25, 0.3) is 0 Å². The van der Waals surface area contributed by atoms with Gasteiger partial charge in [0.15, 0.2) is 6.29 Å². The summed E-state index contributed by atoms with van der Waals surface area (Å²) in [4.78, 5) is 11.4. The van der Waals surface area contributed by atoms with Crippen LogP contribution in [-0.4, -0.2) is 53.9 Å². The molecule has 0 aromatic carbocycles. The quantitative estimate of drug-likeness (QED) is 0.556. The fraction of sp³-hybridized carbons (Fsp3) is 0.938. The van der Waals surface area contributed by atoms with Gasteiger partial charge in [-0.2, -0.15) is 0 Å². The Morgan fingerprint density at radius 2 is 1.95 bits per heavy atom. The summed E-state index contributed by atoms with van der Waals surface area (Å²) < 4.78 is 11.7. The van der Waals surface area contributed by atoms with Crippen LogP contribution in [0.25, 0.3) is 0 Å². The maximum atomic E-state index is 11.4. The molecular weight excluding hydrogens is 286 g/mol. The second kappa shape index (κ2) is 10.2. The zero-order valence-electron chi connectivity index (χ0n) is 14.0. The second-order valence-electron chi connectivity index (χ2n) is 6.04. The number of carbonyl (C=O) groups excluding carboxylic acids is 1. The van der Waals surface area contributed by atoms with E-state index in [4.69, 9.17) is 14.6 Å². The van der Waals surface area contributed by atoms with E-state index in [2.05, 4.69) is 5.32 Å². The summed E-state index contributed by atoms with van der Waals surface area (Å²) in [6.45, 7) is 6.11. The summed E-state index contributed by atoms with van der Waals surface area (Å²) in [5, 5.41) is 21.9. The number of carbonyl (C=O) groups is 1. The van der Waals surface area contributed by atoms with Crippen molar-refractivity contribution in [2.24, 2.45) is 5.92 Å². The molecule has 1 rings (SSSR count). The van der Waals surface area contributed by atoms with Crippen molar-refractivity contribution < 1.29 is 24.5 Å². The molecule has 3 N–H and O–H groups in total. The summed E-state index contributed by atoms with van der Waals surface area (Å²) in [7, 11) is 0. The highest BCUT2D eigenvalue weighted by Gasteiger charge is 2.43. The molecule has 1 saturated heterocycles. The Bertz CT molecular complexity index is 326.